The Labute approximate surface area is 116 Å². The highest BCUT2D eigenvalue weighted by Crippen LogP contribution is 2.30. The van der Waals surface area contributed by atoms with Gasteiger partial charge >= 0.3 is 0 Å². The summed E-state index contributed by atoms with van der Waals surface area (Å²) < 4.78 is 6.99. The number of nitrogens with two attached hydrogens (primary N) is 1. The van der Waals surface area contributed by atoms with E-state index in [1.807, 2.05) is 12.1 Å². The van der Waals surface area contributed by atoms with E-state index in [-0.39, 0.29) is 6.04 Å². The van der Waals surface area contributed by atoms with Crippen LogP contribution in [0.2, 0.25) is 0 Å². The van der Waals surface area contributed by atoms with Crippen molar-refractivity contribution in [3.8, 4) is 11.3 Å². The normalized spacial score (nSPS) is 12.7. The predicted octanol–water partition coefficient (Wildman–Crippen LogP) is 4.74. The molecule has 18 heavy (non-hydrogen) atoms. The molecular formula is C15H18BrNO. The van der Waals surface area contributed by atoms with Crippen LogP contribution in [0, 0.1) is 13.8 Å². The van der Waals surface area contributed by atoms with Crippen molar-refractivity contribution in [1.29, 1.82) is 0 Å². The van der Waals surface area contributed by atoms with E-state index >= 15 is 0 Å². The summed E-state index contributed by atoms with van der Waals surface area (Å²) in [4.78, 5) is 0. The summed E-state index contributed by atoms with van der Waals surface area (Å²) in [5.41, 5.74) is 9.49. The third-order valence-electron chi connectivity index (χ3n) is 3.15. The molecule has 0 saturated heterocycles. The summed E-state index contributed by atoms with van der Waals surface area (Å²) >= 11 is 3.57. The molecule has 0 radical (unpaired) electrons. The first-order valence-electron chi connectivity index (χ1n) is 6.15. The minimum atomic E-state index is -0.0172. The van der Waals surface area contributed by atoms with Gasteiger partial charge in [0.2, 0.25) is 0 Å². The number of benzene rings is 1. The molecule has 0 aliphatic rings. The summed E-state index contributed by atoms with van der Waals surface area (Å²) in [6.07, 6.45) is 0.880. The average Bonchev–Trinajstić information content (AvgIpc) is 2.84. The lowest BCUT2D eigenvalue weighted by atomic mass is 10.1. The second kappa shape index (κ2) is 5.29. The zero-order valence-electron chi connectivity index (χ0n) is 11.0. The maximum atomic E-state index is 5.97. The van der Waals surface area contributed by atoms with Gasteiger partial charge in [0, 0.05) is 10.0 Å². The van der Waals surface area contributed by atoms with Crippen LogP contribution in [0.1, 0.15) is 36.3 Å². The van der Waals surface area contributed by atoms with Gasteiger partial charge in [0.15, 0.2) is 0 Å². The third-order valence-corrected chi connectivity index (χ3v) is 4.40. The highest BCUT2D eigenvalue weighted by molar-refractivity contribution is 9.10. The van der Waals surface area contributed by atoms with E-state index in [1.54, 1.807) is 0 Å². The lowest BCUT2D eigenvalue weighted by molar-refractivity contribution is 0.470. The molecule has 0 saturated carbocycles. The molecule has 0 aliphatic heterocycles. The maximum absolute atomic E-state index is 5.97. The highest BCUT2D eigenvalue weighted by Gasteiger charge is 2.11. The first-order valence-corrected chi connectivity index (χ1v) is 6.94. The van der Waals surface area contributed by atoms with Gasteiger partial charge in [0.25, 0.3) is 0 Å². The van der Waals surface area contributed by atoms with Crippen molar-refractivity contribution < 1.29 is 4.42 Å². The predicted molar refractivity (Wildman–Crippen MR) is 78.5 cm³/mol. The van der Waals surface area contributed by atoms with Crippen molar-refractivity contribution in [1.82, 2.24) is 0 Å². The second-order valence-corrected chi connectivity index (χ2v) is 5.43. The Kier molecular flexibility index (Phi) is 3.93. The zero-order chi connectivity index (χ0) is 13.3. The van der Waals surface area contributed by atoms with Crippen LogP contribution in [0.4, 0.5) is 0 Å². The molecule has 2 nitrogen and oxygen atoms in total. The fourth-order valence-electron chi connectivity index (χ4n) is 2.00. The van der Waals surface area contributed by atoms with Crippen molar-refractivity contribution in [2.24, 2.45) is 5.73 Å². The second-order valence-electron chi connectivity index (χ2n) is 4.64. The number of hydrogen-bond donors (Lipinski definition) is 1. The molecule has 96 valence electrons. The summed E-state index contributed by atoms with van der Waals surface area (Å²) in [5, 5.41) is 0. The number of hydrogen-bond acceptors (Lipinski definition) is 2. The Morgan fingerprint density at radius 3 is 2.39 bits per heavy atom. The van der Waals surface area contributed by atoms with Crippen molar-refractivity contribution >= 4 is 15.9 Å². The largest absolute Gasteiger partial charge is 0.459 e. The van der Waals surface area contributed by atoms with Crippen LogP contribution in [0.3, 0.4) is 0 Å². The van der Waals surface area contributed by atoms with Crippen molar-refractivity contribution in [2.45, 2.75) is 33.2 Å². The van der Waals surface area contributed by atoms with Crippen molar-refractivity contribution in [3.63, 3.8) is 0 Å². The molecule has 1 aromatic heterocycles. The molecule has 3 heteroatoms. The van der Waals surface area contributed by atoms with Gasteiger partial charge in [0.1, 0.15) is 11.5 Å². The Morgan fingerprint density at radius 1 is 1.22 bits per heavy atom. The smallest absolute Gasteiger partial charge is 0.134 e. The number of halogens is 1. The molecule has 0 fully saturated rings. The molecule has 1 aromatic carbocycles. The van der Waals surface area contributed by atoms with Gasteiger partial charge < -0.3 is 10.2 Å². The summed E-state index contributed by atoms with van der Waals surface area (Å²) in [6, 6.07) is 8.19. The fraction of sp³-hybridized carbons (Fsp3) is 0.333. The Morgan fingerprint density at radius 2 is 1.83 bits per heavy atom. The molecule has 2 N–H and O–H groups in total. The van der Waals surface area contributed by atoms with Crippen LogP contribution in [0.25, 0.3) is 11.3 Å². The molecule has 0 bridgehead atoms. The zero-order valence-corrected chi connectivity index (χ0v) is 12.5. The van der Waals surface area contributed by atoms with Gasteiger partial charge in [-0.25, -0.2) is 0 Å². The monoisotopic (exact) mass is 307 g/mol. The molecule has 2 rings (SSSR count). The molecule has 2 aromatic rings. The van der Waals surface area contributed by atoms with Gasteiger partial charge in [-0.3, -0.25) is 0 Å². The average molecular weight is 308 g/mol. The van der Waals surface area contributed by atoms with Crippen molar-refractivity contribution in [3.05, 3.63) is 45.6 Å². The minimum Gasteiger partial charge on any atom is -0.459 e. The van der Waals surface area contributed by atoms with Crippen LogP contribution in [-0.4, -0.2) is 0 Å². The quantitative estimate of drug-likeness (QED) is 0.890. The lowest BCUT2D eigenvalue weighted by Crippen LogP contribution is -2.06. The van der Waals surface area contributed by atoms with Gasteiger partial charge in [-0.05, 0) is 55.7 Å². The van der Waals surface area contributed by atoms with Crippen LogP contribution in [0.15, 0.2) is 33.2 Å². The Balaban J connectivity index is 2.40. The fourth-order valence-corrected chi connectivity index (χ4v) is 2.23. The molecule has 1 atom stereocenters. The van der Waals surface area contributed by atoms with E-state index in [1.165, 1.54) is 11.1 Å². The highest BCUT2D eigenvalue weighted by atomic mass is 79.9. The number of aryl methyl sites for hydroxylation is 2. The minimum absolute atomic E-state index is 0.0172. The lowest BCUT2D eigenvalue weighted by Gasteiger charge is -2.07. The third kappa shape index (κ3) is 2.52. The van der Waals surface area contributed by atoms with E-state index in [2.05, 4.69) is 48.8 Å². The van der Waals surface area contributed by atoms with Gasteiger partial charge in [0.05, 0.1) is 6.04 Å². The summed E-state index contributed by atoms with van der Waals surface area (Å²) in [6.45, 7) is 6.23. The van der Waals surface area contributed by atoms with Gasteiger partial charge in [-0.15, -0.1) is 0 Å². The van der Waals surface area contributed by atoms with E-state index in [0.717, 1.165) is 28.0 Å². The molecular weight excluding hydrogens is 290 g/mol. The topological polar surface area (TPSA) is 39.2 Å². The van der Waals surface area contributed by atoms with E-state index in [9.17, 15) is 0 Å². The molecule has 1 unspecified atom stereocenters. The van der Waals surface area contributed by atoms with Crippen LogP contribution >= 0.6 is 15.9 Å². The molecule has 0 amide bonds. The number of rotatable bonds is 3. The molecule has 1 heterocycles. The van der Waals surface area contributed by atoms with E-state index < -0.39 is 0 Å². The van der Waals surface area contributed by atoms with E-state index in [0.29, 0.717) is 0 Å². The number of furan rings is 1. The van der Waals surface area contributed by atoms with Crippen LogP contribution in [-0.2, 0) is 0 Å². The molecule has 0 spiro atoms. The van der Waals surface area contributed by atoms with E-state index in [4.69, 9.17) is 10.2 Å². The maximum Gasteiger partial charge on any atom is 0.134 e. The van der Waals surface area contributed by atoms with Crippen LogP contribution < -0.4 is 5.73 Å². The first-order chi connectivity index (χ1) is 8.52. The van der Waals surface area contributed by atoms with Gasteiger partial charge in [-0.2, -0.15) is 0 Å². The van der Waals surface area contributed by atoms with Gasteiger partial charge in [-0.1, -0.05) is 22.9 Å². The summed E-state index contributed by atoms with van der Waals surface area (Å²) in [7, 11) is 0. The molecule has 0 aliphatic carbocycles. The summed E-state index contributed by atoms with van der Waals surface area (Å²) in [5.74, 6) is 1.73. The Bertz CT molecular complexity index is 536. The SMILES string of the molecule is CCC(N)c1ccc(-c2cc(C)c(Br)c(C)c2)o1. The first kappa shape index (κ1) is 13.4. The van der Waals surface area contributed by atoms with Crippen molar-refractivity contribution in [2.75, 3.05) is 0 Å². The Hall–Kier alpha value is -1.06. The standard InChI is InChI=1S/C15H18BrNO/c1-4-12(17)14-6-5-13(18-14)11-7-9(2)15(16)10(3)8-11/h5-8,12H,4,17H2,1-3H3. The van der Waals surface area contributed by atoms with Crippen LogP contribution in [0.5, 0.6) is 0 Å².